The van der Waals surface area contributed by atoms with E-state index in [-0.39, 0.29) is 17.9 Å². The first-order chi connectivity index (χ1) is 9.22. The molecule has 0 saturated carbocycles. The minimum Gasteiger partial charge on any atom is -0.338 e. The summed E-state index contributed by atoms with van der Waals surface area (Å²) in [7, 11) is 0. The van der Waals surface area contributed by atoms with Crippen molar-refractivity contribution in [1.29, 1.82) is 0 Å². The Kier molecular flexibility index (Phi) is 4.97. The Balaban J connectivity index is 1.94. The van der Waals surface area contributed by atoms with Crippen LogP contribution < -0.4 is 5.73 Å². The van der Waals surface area contributed by atoms with Gasteiger partial charge in [0, 0.05) is 25.0 Å². The van der Waals surface area contributed by atoms with Gasteiger partial charge in [-0.2, -0.15) is 0 Å². The largest absolute Gasteiger partial charge is 0.338 e. The van der Waals surface area contributed by atoms with Crippen molar-refractivity contribution in [1.82, 2.24) is 4.90 Å². The minimum absolute atomic E-state index is 0.0427. The number of likely N-dealkylation sites (tertiary alicyclic amines) is 1. The van der Waals surface area contributed by atoms with E-state index in [4.69, 9.17) is 5.73 Å². The van der Waals surface area contributed by atoms with Crippen LogP contribution in [-0.2, 0) is 4.79 Å². The van der Waals surface area contributed by atoms with Gasteiger partial charge in [0.05, 0.1) is 0 Å². The molecule has 0 unspecified atom stereocenters. The lowest BCUT2D eigenvalue weighted by Crippen LogP contribution is -2.42. The summed E-state index contributed by atoms with van der Waals surface area (Å²) in [6.45, 7) is 3.49. The standard InChI is InChI=1S/C16H24N2O/c1-13(11-14-7-4-2-3-5-8-14)16(19)18-10-6-9-15(18)12-17/h2-4,7-8,13,15H,5-6,9-12,17H2,1H3/t13-,15-/m0/s1. The van der Waals surface area contributed by atoms with Crippen molar-refractivity contribution >= 4 is 5.91 Å². The number of hydrogen-bond donors (Lipinski definition) is 1. The van der Waals surface area contributed by atoms with Gasteiger partial charge in [0.1, 0.15) is 0 Å². The molecule has 1 amide bonds. The molecule has 104 valence electrons. The van der Waals surface area contributed by atoms with E-state index in [1.54, 1.807) is 0 Å². The summed E-state index contributed by atoms with van der Waals surface area (Å²) in [5, 5.41) is 0. The Hall–Kier alpha value is -1.35. The number of nitrogens with two attached hydrogens (primary N) is 1. The molecule has 1 aliphatic carbocycles. The summed E-state index contributed by atoms with van der Waals surface area (Å²) in [6, 6.07) is 0.260. The van der Waals surface area contributed by atoms with Crippen molar-refractivity contribution < 1.29 is 4.79 Å². The van der Waals surface area contributed by atoms with Crippen LogP contribution in [0.2, 0.25) is 0 Å². The third-order valence-corrected chi connectivity index (χ3v) is 3.97. The molecule has 1 aliphatic heterocycles. The topological polar surface area (TPSA) is 46.3 Å². The summed E-state index contributed by atoms with van der Waals surface area (Å²) in [4.78, 5) is 14.5. The zero-order chi connectivity index (χ0) is 13.7. The van der Waals surface area contributed by atoms with Gasteiger partial charge in [-0.25, -0.2) is 0 Å². The third-order valence-electron chi connectivity index (χ3n) is 3.97. The monoisotopic (exact) mass is 260 g/mol. The fraction of sp³-hybridized carbons (Fsp3) is 0.562. The normalized spacial score (nSPS) is 24.2. The van der Waals surface area contributed by atoms with E-state index in [1.807, 2.05) is 11.8 Å². The van der Waals surface area contributed by atoms with Crippen LogP contribution in [0.15, 0.2) is 36.0 Å². The van der Waals surface area contributed by atoms with Crippen molar-refractivity contribution in [3.8, 4) is 0 Å². The fourth-order valence-corrected chi connectivity index (χ4v) is 2.87. The molecule has 19 heavy (non-hydrogen) atoms. The summed E-state index contributed by atoms with van der Waals surface area (Å²) in [5.74, 6) is 0.306. The smallest absolute Gasteiger partial charge is 0.226 e. The molecule has 2 rings (SSSR count). The number of rotatable bonds is 4. The molecule has 0 aromatic heterocycles. The molecule has 3 heteroatoms. The van der Waals surface area contributed by atoms with E-state index in [1.165, 1.54) is 5.57 Å². The van der Waals surface area contributed by atoms with Crippen LogP contribution in [0.25, 0.3) is 0 Å². The summed E-state index contributed by atoms with van der Waals surface area (Å²) >= 11 is 0. The van der Waals surface area contributed by atoms with Crippen LogP contribution in [-0.4, -0.2) is 29.9 Å². The second kappa shape index (κ2) is 6.71. The van der Waals surface area contributed by atoms with Crippen molar-refractivity contribution in [3.05, 3.63) is 36.0 Å². The van der Waals surface area contributed by atoms with Crippen molar-refractivity contribution in [3.63, 3.8) is 0 Å². The molecular weight excluding hydrogens is 236 g/mol. The highest BCUT2D eigenvalue weighted by Crippen LogP contribution is 2.23. The average Bonchev–Trinajstić information content (AvgIpc) is 2.75. The maximum Gasteiger partial charge on any atom is 0.226 e. The molecule has 0 aromatic carbocycles. The zero-order valence-electron chi connectivity index (χ0n) is 11.7. The SMILES string of the molecule is C[C@@H](CC1=CCC=CC=C1)C(=O)N1CCC[C@H]1CN. The molecule has 2 N–H and O–H groups in total. The van der Waals surface area contributed by atoms with Crippen molar-refractivity contribution in [2.24, 2.45) is 11.7 Å². The predicted molar refractivity (Wildman–Crippen MR) is 78.6 cm³/mol. The molecular formula is C16H24N2O. The summed E-state index contributed by atoms with van der Waals surface area (Å²) in [6.07, 6.45) is 14.5. The summed E-state index contributed by atoms with van der Waals surface area (Å²) < 4.78 is 0. The van der Waals surface area contributed by atoms with E-state index in [9.17, 15) is 4.79 Å². The first-order valence-corrected chi connectivity index (χ1v) is 7.25. The highest BCUT2D eigenvalue weighted by atomic mass is 16.2. The number of amides is 1. The van der Waals surface area contributed by atoms with Crippen LogP contribution in [0.1, 0.15) is 32.6 Å². The first-order valence-electron chi connectivity index (χ1n) is 7.25. The lowest BCUT2D eigenvalue weighted by Gasteiger charge is -2.26. The maximum absolute atomic E-state index is 12.5. The van der Waals surface area contributed by atoms with E-state index >= 15 is 0 Å². The van der Waals surface area contributed by atoms with Crippen LogP contribution in [0.3, 0.4) is 0 Å². The van der Waals surface area contributed by atoms with Crippen LogP contribution in [0.4, 0.5) is 0 Å². The van der Waals surface area contributed by atoms with E-state index in [2.05, 4.69) is 30.4 Å². The Morgan fingerprint density at radius 2 is 2.37 bits per heavy atom. The average molecular weight is 260 g/mol. The highest BCUT2D eigenvalue weighted by molar-refractivity contribution is 5.79. The molecule has 1 fully saturated rings. The Morgan fingerprint density at radius 1 is 1.53 bits per heavy atom. The second-order valence-electron chi connectivity index (χ2n) is 5.47. The lowest BCUT2D eigenvalue weighted by molar-refractivity contribution is -0.135. The van der Waals surface area contributed by atoms with Crippen LogP contribution in [0, 0.1) is 5.92 Å². The van der Waals surface area contributed by atoms with Gasteiger partial charge in [-0.1, -0.05) is 42.9 Å². The van der Waals surface area contributed by atoms with E-state index in [0.29, 0.717) is 6.54 Å². The molecule has 1 heterocycles. The molecule has 1 saturated heterocycles. The van der Waals surface area contributed by atoms with Gasteiger partial charge in [0.15, 0.2) is 0 Å². The number of nitrogens with zero attached hydrogens (tertiary/aromatic N) is 1. The molecule has 2 aliphatic rings. The molecule has 3 nitrogen and oxygen atoms in total. The fourth-order valence-electron chi connectivity index (χ4n) is 2.87. The van der Waals surface area contributed by atoms with E-state index in [0.717, 1.165) is 32.2 Å². The van der Waals surface area contributed by atoms with Gasteiger partial charge in [-0.05, 0) is 25.7 Å². The number of hydrogen-bond acceptors (Lipinski definition) is 2. The van der Waals surface area contributed by atoms with Crippen molar-refractivity contribution in [2.45, 2.75) is 38.6 Å². The number of carbonyl (C=O) groups is 1. The number of allylic oxidation sites excluding steroid dienone is 6. The predicted octanol–water partition coefficient (Wildman–Crippen LogP) is 2.40. The van der Waals surface area contributed by atoms with Gasteiger partial charge in [0.25, 0.3) is 0 Å². The first kappa shape index (κ1) is 14.1. The Bertz CT molecular complexity index is 409. The minimum atomic E-state index is 0.0427. The molecule has 2 atom stereocenters. The molecule has 0 bridgehead atoms. The van der Waals surface area contributed by atoms with Crippen molar-refractivity contribution in [2.75, 3.05) is 13.1 Å². The van der Waals surface area contributed by atoms with Crippen LogP contribution in [0.5, 0.6) is 0 Å². The molecule has 0 radical (unpaired) electrons. The Morgan fingerprint density at radius 3 is 3.16 bits per heavy atom. The van der Waals surface area contributed by atoms with Gasteiger partial charge in [-0.3, -0.25) is 4.79 Å². The van der Waals surface area contributed by atoms with Gasteiger partial charge < -0.3 is 10.6 Å². The third kappa shape index (κ3) is 3.57. The molecule has 0 spiro atoms. The second-order valence-corrected chi connectivity index (χ2v) is 5.47. The quantitative estimate of drug-likeness (QED) is 0.843. The Labute approximate surface area is 115 Å². The van der Waals surface area contributed by atoms with Gasteiger partial charge in [-0.15, -0.1) is 0 Å². The van der Waals surface area contributed by atoms with E-state index < -0.39 is 0 Å². The van der Waals surface area contributed by atoms with Crippen LogP contribution >= 0.6 is 0 Å². The lowest BCUT2D eigenvalue weighted by atomic mass is 9.98. The zero-order valence-corrected chi connectivity index (χ0v) is 11.7. The molecule has 0 aromatic rings. The highest BCUT2D eigenvalue weighted by Gasteiger charge is 2.30. The maximum atomic E-state index is 12.5. The van der Waals surface area contributed by atoms with Gasteiger partial charge >= 0.3 is 0 Å². The van der Waals surface area contributed by atoms with Gasteiger partial charge in [0.2, 0.25) is 5.91 Å². The summed E-state index contributed by atoms with van der Waals surface area (Å²) in [5.41, 5.74) is 7.00. The number of carbonyl (C=O) groups excluding carboxylic acids is 1.